The molecule has 2 atom stereocenters. The molecule has 0 aromatic heterocycles. The SMILES string of the molecule is CCCOC(=O)c1ccc(C2NC(=O)N=C(CC)C2C(=O)OCC2CCCCC2)cc1. The highest BCUT2D eigenvalue weighted by atomic mass is 16.5. The van der Waals surface area contributed by atoms with E-state index in [1.165, 1.54) is 19.3 Å². The van der Waals surface area contributed by atoms with Gasteiger partial charge in [0.2, 0.25) is 0 Å². The monoisotopic (exact) mass is 428 g/mol. The fraction of sp³-hybridized carbons (Fsp3) is 0.583. The molecule has 1 heterocycles. The van der Waals surface area contributed by atoms with Crippen molar-refractivity contribution in [2.45, 2.75) is 64.8 Å². The van der Waals surface area contributed by atoms with Crippen LogP contribution in [-0.4, -0.2) is 36.9 Å². The molecule has 3 rings (SSSR count). The van der Waals surface area contributed by atoms with E-state index in [0.717, 1.165) is 24.8 Å². The zero-order valence-corrected chi connectivity index (χ0v) is 18.4. The molecular formula is C24H32N2O5. The molecule has 1 aromatic rings. The van der Waals surface area contributed by atoms with Gasteiger partial charge in [-0.2, -0.15) is 0 Å². The van der Waals surface area contributed by atoms with Crippen LogP contribution in [0.1, 0.15) is 80.8 Å². The van der Waals surface area contributed by atoms with Gasteiger partial charge in [-0.15, -0.1) is 0 Å². The second-order valence-electron chi connectivity index (χ2n) is 8.25. The number of carbonyl (C=O) groups excluding carboxylic acids is 3. The first-order valence-electron chi connectivity index (χ1n) is 11.3. The van der Waals surface area contributed by atoms with E-state index in [9.17, 15) is 14.4 Å². The minimum Gasteiger partial charge on any atom is -0.465 e. The number of nitrogens with one attached hydrogen (secondary N) is 1. The Morgan fingerprint density at radius 1 is 1.06 bits per heavy atom. The third-order valence-corrected chi connectivity index (χ3v) is 5.96. The first kappa shape index (κ1) is 23.0. The predicted octanol–water partition coefficient (Wildman–Crippen LogP) is 4.61. The van der Waals surface area contributed by atoms with Crippen molar-refractivity contribution < 1.29 is 23.9 Å². The molecular weight excluding hydrogens is 396 g/mol. The molecule has 2 aliphatic rings. The Balaban J connectivity index is 1.76. The van der Waals surface area contributed by atoms with Crippen LogP contribution < -0.4 is 5.32 Å². The Kier molecular flexibility index (Phi) is 8.20. The van der Waals surface area contributed by atoms with Gasteiger partial charge in [0.25, 0.3) is 0 Å². The van der Waals surface area contributed by atoms with Gasteiger partial charge in [0.1, 0.15) is 5.92 Å². The maximum atomic E-state index is 13.1. The molecule has 0 radical (unpaired) electrons. The first-order chi connectivity index (χ1) is 15.0. The van der Waals surface area contributed by atoms with Crippen LogP contribution in [0.3, 0.4) is 0 Å². The fourth-order valence-electron chi connectivity index (χ4n) is 4.24. The number of benzene rings is 1. The summed E-state index contributed by atoms with van der Waals surface area (Å²) < 4.78 is 10.9. The Bertz CT molecular complexity index is 812. The van der Waals surface area contributed by atoms with Crippen LogP contribution in [0, 0.1) is 11.8 Å². The van der Waals surface area contributed by atoms with Gasteiger partial charge in [0.15, 0.2) is 0 Å². The zero-order valence-electron chi connectivity index (χ0n) is 18.4. The average molecular weight is 429 g/mol. The Morgan fingerprint density at radius 3 is 2.42 bits per heavy atom. The maximum Gasteiger partial charge on any atom is 0.341 e. The molecule has 0 bridgehead atoms. The van der Waals surface area contributed by atoms with Gasteiger partial charge in [0.05, 0.1) is 24.8 Å². The van der Waals surface area contributed by atoms with Gasteiger partial charge in [0, 0.05) is 5.71 Å². The number of esters is 2. The summed E-state index contributed by atoms with van der Waals surface area (Å²) in [6, 6.07) is 5.74. The van der Waals surface area contributed by atoms with Crippen LogP contribution >= 0.6 is 0 Å². The number of rotatable bonds is 8. The van der Waals surface area contributed by atoms with Crippen molar-refractivity contribution in [3.8, 4) is 0 Å². The normalized spacial score (nSPS) is 21.7. The van der Waals surface area contributed by atoms with Crippen LogP contribution in [-0.2, 0) is 14.3 Å². The van der Waals surface area contributed by atoms with E-state index in [4.69, 9.17) is 9.47 Å². The summed E-state index contributed by atoms with van der Waals surface area (Å²) in [5.41, 5.74) is 1.68. The number of urea groups is 1. The number of amides is 2. The topological polar surface area (TPSA) is 94.1 Å². The molecule has 7 nitrogen and oxygen atoms in total. The van der Waals surface area contributed by atoms with E-state index in [1.807, 2.05) is 13.8 Å². The number of ether oxygens (including phenoxy) is 2. The van der Waals surface area contributed by atoms with E-state index in [0.29, 0.717) is 36.8 Å². The van der Waals surface area contributed by atoms with Gasteiger partial charge in [-0.25, -0.2) is 14.6 Å². The van der Waals surface area contributed by atoms with Crippen molar-refractivity contribution in [1.82, 2.24) is 5.32 Å². The van der Waals surface area contributed by atoms with Gasteiger partial charge in [-0.1, -0.05) is 45.2 Å². The molecule has 2 unspecified atom stereocenters. The van der Waals surface area contributed by atoms with E-state index >= 15 is 0 Å². The second-order valence-corrected chi connectivity index (χ2v) is 8.25. The molecule has 168 valence electrons. The Labute approximate surface area is 183 Å². The third kappa shape index (κ3) is 5.93. The predicted molar refractivity (Wildman–Crippen MR) is 117 cm³/mol. The molecule has 1 aliphatic carbocycles. The summed E-state index contributed by atoms with van der Waals surface area (Å²) in [5.74, 6) is -1.02. The summed E-state index contributed by atoms with van der Waals surface area (Å²) in [4.78, 5) is 41.3. The van der Waals surface area contributed by atoms with Crippen LogP contribution in [0.5, 0.6) is 0 Å². The van der Waals surface area contributed by atoms with E-state index in [2.05, 4.69) is 10.3 Å². The summed E-state index contributed by atoms with van der Waals surface area (Å²) in [6.45, 7) is 4.59. The van der Waals surface area contributed by atoms with Crippen LogP contribution in [0.2, 0.25) is 0 Å². The van der Waals surface area contributed by atoms with Crippen LogP contribution in [0.15, 0.2) is 29.3 Å². The van der Waals surface area contributed by atoms with Gasteiger partial charge in [-0.3, -0.25) is 4.79 Å². The standard InChI is InChI=1S/C24H32N2O5/c1-3-14-30-22(27)18-12-10-17(11-13-18)21-20(19(4-2)25-24(29)26-21)23(28)31-15-16-8-6-5-7-9-16/h10-13,16,20-21H,3-9,14-15H2,1-2H3,(H,26,29). The van der Waals surface area contributed by atoms with Gasteiger partial charge >= 0.3 is 18.0 Å². The fourth-order valence-corrected chi connectivity index (χ4v) is 4.24. The number of carbonyl (C=O) groups is 3. The number of aliphatic imine (C=N–C) groups is 1. The zero-order chi connectivity index (χ0) is 22.2. The number of hydrogen-bond acceptors (Lipinski definition) is 5. The van der Waals surface area contributed by atoms with Crippen molar-refractivity contribution in [3.63, 3.8) is 0 Å². The lowest BCUT2D eigenvalue weighted by atomic mass is 9.86. The van der Waals surface area contributed by atoms with Crippen molar-refractivity contribution in [1.29, 1.82) is 0 Å². The molecule has 31 heavy (non-hydrogen) atoms. The van der Waals surface area contributed by atoms with Crippen LogP contribution in [0.4, 0.5) is 4.79 Å². The second kappa shape index (κ2) is 11.1. The largest absolute Gasteiger partial charge is 0.465 e. The van der Waals surface area contributed by atoms with E-state index in [1.54, 1.807) is 24.3 Å². The van der Waals surface area contributed by atoms with E-state index in [-0.39, 0.29) is 11.9 Å². The lowest BCUT2D eigenvalue weighted by Crippen LogP contribution is -2.45. The van der Waals surface area contributed by atoms with Gasteiger partial charge < -0.3 is 14.8 Å². The maximum absolute atomic E-state index is 13.1. The number of nitrogens with zero attached hydrogens (tertiary/aromatic N) is 1. The highest BCUT2D eigenvalue weighted by molar-refractivity contribution is 6.09. The molecule has 1 aromatic carbocycles. The van der Waals surface area contributed by atoms with Crippen molar-refractivity contribution in [3.05, 3.63) is 35.4 Å². The Hall–Kier alpha value is -2.70. The highest BCUT2D eigenvalue weighted by Gasteiger charge is 2.39. The lowest BCUT2D eigenvalue weighted by Gasteiger charge is -2.31. The molecule has 1 saturated carbocycles. The van der Waals surface area contributed by atoms with Crippen LogP contribution in [0.25, 0.3) is 0 Å². The van der Waals surface area contributed by atoms with Crippen molar-refractivity contribution in [2.24, 2.45) is 16.8 Å². The van der Waals surface area contributed by atoms with Crippen molar-refractivity contribution >= 4 is 23.7 Å². The smallest absolute Gasteiger partial charge is 0.341 e. The molecule has 0 saturated heterocycles. The quantitative estimate of drug-likeness (QED) is 0.610. The minimum atomic E-state index is -0.677. The number of hydrogen-bond donors (Lipinski definition) is 1. The molecule has 1 N–H and O–H groups in total. The summed E-state index contributed by atoms with van der Waals surface area (Å²) in [6.07, 6.45) is 7.01. The van der Waals surface area contributed by atoms with E-state index < -0.39 is 18.0 Å². The molecule has 1 aliphatic heterocycles. The summed E-state index contributed by atoms with van der Waals surface area (Å²) in [7, 11) is 0. The molecule has 7 heteroatoms. The van der Waals surface area contributed by atoms with Gasteiger partial charge in [-0.05, 0) is 49.3 Å². The average Bonchev–Trinajstić information content (AvgIpc) is 2.81. The Morgan fingerprint density at radius 2 is 1.77 bits per heavy atom. The highest BCUT2D eigenvalue weighted by Crippen LogP contribution is 2.30. The lowest BCUT2D eigenvalue weighted by molar-refractivity contribution is -0.148. The third-order valence-electron chi connectivity index (χ3n) is 5.96. The first-order valence-corrected chi connectivity index (χ1v) is 11.3. The molecule has 1 fully saturated rings. The van der Waals surface area contributed by atoms with Crippen molar-refractivity contribution in [2.75, 3.05) is 13.2 Å². The molecule has 0 spiro atoms. The summed E-state index contributed by atoms with van der Waals surface area (Å²) in [5, 5.41) is 2.81. The summed E-state index contributed by atoms with van der Waals surface area (Å²) >= 11 is 0. The minimum absolute atomic E-state index is 0.359. The molecule has 2 amide bonds.